The first kappa shape index (κ1) is 16.1. The van der Waals surface area contributed by atoms with Crippen LogP contribution in [0.5, 0.6) is 0 Å². The lowest BCUT2D eigenvalue weighted by atomic mass is 9.73. The highest BCUT2D eigenvalue weighted by Gasteiger charge is 2.43. The molecule has 1 fully saturated rings. The molecule has 0 spiro atoms. The third kappa shape index (κ3) is 3.00. The minimum Gasteiger partial charge on any atom is -0.468 e. The Bertz CT molecular complexity index is 615. The molecular formula is C19H25NO3. The molecule has 1 heterocycles. The number of benzene rings is 1. The lowest BCUT2D eigenvalue weighted by Crippen LogP contribution is -2.42. The number of esters is 1. The molecule has 2 aliphatic rings. The highest BCUT2D eigenvalue weighted by Crippen LogP contribution is 2.39. The van der Waals surface area contributed by atoms with E-state index in [0.29, 0.717) is 26.1 Å². The van der Waals surface area contributed by atoms with E-state index in [-0.39, 0.29) is 5.97 Å². The zero-order valence-corrected chi connectivity index (χ0v) is 13.8. The van der Waals surface area contributed by atoms with Crippen molar-refractivity contribution < 1.29 is 14.3 Å². The molecule has 1 saturated heterocycles. The van der Waals surface area contributed by atoms with Crippen LogP contribution in [-0.4, -0.2) is 26.3 Å². The molecular weight excluding hydrogens is 290 g/mol. The minimum atomic E-state index is -0.606. The quantitative estimate of drug-likeness (QED) is 0.685. The Hall–Kier alpha value is -1.81. The fourth-order valence-electron chi connectivity index (χ4n) is 3.74. The van der Waals surface area contributed by atoms with E-state index in [1.54, 1.807) is 0 Å². The first-order chi connectivity index (χ1) is 11.2. The number of carbonyl (C=O) groups is 1. The van der Waals surface area contributed by atoms with Gasteiger partial charge in [-0.05, 0) is 61.8 Å². The third-order valence-corrected chi connectivity index (χ3v) is 5.17. The summed E-state index contributed by atoms with van der Waals surface area (Å²) in [5.41, 5.74) is 9.79. The molecule has 0 aromatic heterocycles. The maximum Gasteiger partial charge on any atom is 0.316 e. The van der Waals surface area contributed by atoms with Crippen molar-refractivity contribution in [2.45, 2.75) is 43.9 Å². The van der Waals surface area contributed by atoms with Crippen LogP contribution in [0.15, 0.2) is 24.3 Å². The summed E-state index contributed by atoms with van der Waals surface area (Å²) in [5, 5.41) is 0. The van der Waals surface area contributed by atoms with Crippen molar-refractivity contribution in [3.8, 4) is 0 Å². The summed E-state index contributed by atoms with van der Waals surface area (Å²) in [5.74, 6) is -0.172. The number of nitrogen functional groups attached to an aromatic ring is 1. The van der Waals surface area contributed by atoms with E-state index in [1.165, 1.54) is 25.5 Å². The summed E-state index contributed by atoms with van der Waals surface area (Å²) in [6, 6.07) is 6.01. The number of anilines is 1. The van der Waals surface area contributed by atoms with E-state index >= 15 is 0 Å². The van der Waals surface area contributed by atoms with Crippen LogP contribution in [0.2, 0.25) is 0 Å². The highest BCUT2D eigenvalue weighted by molar-refractivity contribution is 5.85. The van der Waals surface area contributed by atoms with Gasteiger partial charge in [0.15, 0.2) is 0 Å². The summed E-state index contributed by atoms with van der Waals surface area (Å²) in [6.07, 6.45) is 8.20. The van der Waals surface area contributed by atoms with Crippen LogP contribution >= 0.6 is 0 Å². The topological polar surface area (TPSA) is 61.5 Å². The second-order valence-corrected chi connectivity index (χ2v) is 6.46. The number of hydrogen-bond acceptors (Lipinski definition) is 4. The number of carbonyl (C=O) groups excluding carboxylic acids is 1. The maximum atomic E-state index is 12.5. The van der Waals surface area contributed by atoms with Gasteiger partial charge < -0.3 is 15.2 Å². The van der Waals surface area contributed by atoms with Gasteiger partial charge in [-0.15, -0.1) is 0 Å². The molecule has 1 aliphatic heterocycles. The van der Waals surface area contributed by atoms with Gasteiger partial charge in [-0.25, -0.2) is 0 Å². The number of rotatable bonds is 3. The Labute approximate surface area is 137 Å². The Balaban J connectivity index is 2.04. The van der Waals surface area contributed by atoms with E-state index in [2.05, 4.69) is 12.1 Å². The standard InChI is InChI=1S/C19H25NO3/c1-22-18(21)19(9-11-23-12-10-19)15-7-8-17(20)16(13-15)14-5-3-2-4-6-14/h5,7-8,13H,2-4,6,9-12,20H2,1H3. The Morgan fingerprint density at radius 2 is 2.04 bits per heavy atom. The summed E-state index contributed by atoms with van der Waals surface area (Å²) < 4.78 is 10.6. The number of hydrogen-bond donors (Lipinski definition) is 1. The van der Waals surface area contributed by atoms with Crippen LogP contribution in [-0.2, 0) is 19.7 Å². The lowest BCUT2D eigenvalue weighted by Gasteiger charge is -2.35. The van der Waals surface area contributed by atoms with Crippen LogP contribution in [0, 0.1) is 0 Å². The molecule has 1 aliphatic carbocycles. The summed E-state index contributed by atoms with van der Waals surface area (Å²) >= 11 is 0. The normalized spacial score (nSPS) is 20.7. The van der Waals surface area contributed by atoms with Crippen molar-refractivity contribution in [3.05, 3.63) is 35.4 Å². The average Bonchev–Trinajstić information content (AvgIpc) is 2.62. The van der Waals surface area contributed by atoms with E-state index in [9.17, 15) is 4.79 Å². The zero-order valence-electron chi connectivity index (χ0n) is 13.8. The Morgan fingerprint density at radius 3 is 2.70 bits per heavy atom. The van der Waals surface area contributed by atoms with Gasteiger partial charge in [0.05, 0.1) is 12.5 Å². The van der Waals surface area contributed by atoms with Crippen molar-refractivity contribution >= 4 is 17.2 Å². The van der Waals surface area contributed by atoms with Crippen LogP contribution < -0.4 is 5.73 Å². The second-order valence-electron chi connectivity index (χ2n) is 6.46. The maximum absolute atomic E-state index is 12.5. The fraction of sp³-hybridized carbons (Fsp3) is 0.526. The smallest absolute Gasteiger partial charge is 0.316 e. The molecule has 0 radical (unpaired) electrons. The summed E-state index contributed by atoms with van der Waals surface area (Å²) in [7, 11) is 1.46. The highest BCUT2D eigenvalue weighted by atomic mass is 16.5. The van der Waals surface area contributed by atoms with Crippen molar-refractivity contribution in [2.75, 3.05) is 26.1 Å². The molecule has 1 aromatic carbocycles. The molecule has 3 rings (SSSR count). The van der Waals surface area contributed by atoms with Crippen molar-refractivity contribution in [1.82, 2.24) is 0 Å². The molecule has 0 atom stereocenters. The van der Waals surface area contributed by atoms with Gasteiger partial charge in [-0.3, -0.25) is 4.79 Å². The van der Waals surface area contributed by atoms with Crippen molar-refractivity contribution in [1.29, 1.82) is 0 Å². The minimum absolute atomic E-state index is 0.172. The van der Waals surface area contributed by atoms with Gasteiger partial charge in [0.2, 0.25) is 0 Å². The van der Waals surface area contributed by atoms with Gasteiger partial charge in [0.25, 0.3) is 0 Å². The van der Waals surface area contributed by atoms with Crippen molar-refractivity contribution in [2.24, 2.45) is 0 Å². The van der Waals surface area contributed by atoms with Gasteiger partial charge in [0, 0.05) is 24.5 Å². The molecule has 4 nitrogen and oxygen atoms in total. The van der Waals surface area contributed by atoms with Crippen molar-refractivity contribution in [3.63, 3.8) is 0 Å². The predicted molar refractivity (Wildman–Crippen MR) is 91.0 cm³/mol. The molecule has 0 bridgehead atoms. The third-order valence-electron chi connectivity index (χ3n) is 5.17. The number of nitrogens with two attached hydrogens (primary N) is 1. The molecule has 0 saturated carbocycles. The van der Waals surface area contributed by atoms with E-state index in [1.807, 2.05) is 12.1 Å². The van der Waals surface area contributed by atoms with Gasteiger partial charge >= 0.3 is 5.97 Å². The first-order valence-corrected chi connectivity index (χ1v) is 8.43. The zero-order chi connectivity index (χ0) is 16.3. The molecule has 4 heteroatoms. The van der Waals surface area contributed by atoms with E-state index in [4.69, 9.17) is 15.2 Å². The number of allylic oxidation sites excluding steroid dienone is 2. The Kier molecular flexibility index (Phi) is 4.71. The van der Waals surface area contributed by atoms with Gasteiger partial charge in [-0.1, -0.05) is 12.1 Å². The lowest BCUT2D eigenvalue weighted by molar-refractivity contribution is -0.151. The monoisotopic (exact) mass is 315 g/mol. The largest absolute Gasteiger partial charge is 0.468 e. The molecule has 23 heavy (non-hydrogen) atoms. The number of ether oxygens (including phenoxy) is 2. The first-order valence-electron chi connectivity index (χ1n) is 8.43. The second kappa shape index (κ2) is 6.75. The van der Waals surface area contributed by atoms with Crippen LogP contribution in [0.1, 0.15) is 49.7 Å². The fourth-order valence-corrected chi connectivity index (χ4v) is 3.74. The molecule has 1 aromatic rings. The van der Waals surface area contributed by atoms with Crippen LogP contribution in [0.3, 0.4) is 0 Å². The summed E-state index contributed by atoms with van der Waals surface area (Å²) in [6.45, 7) is 1.16. The van der Waals surface area contributed by atoms with Crippen LogP contribution in [0.4, 0.5) is 5.69 Å². The average molecular weight is 315 g/mol. The number of methoxy groups -OCH3 is 1. The SMILES string of the molecule is COC(=O)C1(c2ccc(N)c(C3=CCCCC3)c2)CCOCC1. The summed E-state index contributed by atoms with van der Waals surface area (Å²) in [4.78, 5) is 12.5. The van der Waals surface area contributed by atoms with Crippen LogP contribution in [0.25, 0.3) is 5.57 Å². The molecule has 2 N–H and O–H groups in total. The molecule has 0 unspecified atom stereocenters. The van der Waals surface area contributed by atoms with E-state index < -0.39 is 5.41 Å². The molecule has 124 valence electrons. The van der Waals surface area contributed by atoms with Gasteiger partial charge in [-0.2, -0.15) is 0 Å². The van der Waals surface area contributed by atoms with Gasteiger partial charge in [0.1, 0.15) is 0 Å². The predicted octanol–water partition coefficient (Wildman–Crippen LogP) is 3.45. The van der Waals surface area contributed by atoms with E-state index in [0.717, 1.165) is 29.7 Å². The Morgan fingerprint density at radius 1 is 1.26 bits per heavy atom. The molecule has 0 amide bonds.